The summed E-state index contributed by atoms with van der Waals surface area (Å²) in [6.07, 6.45) is 0. The van der Waals surface area contributed by atoms with Gasteiger partial charge in [0.2, 0.25) is 0 Å². The lowest BCUT2D eigenvalue weighted by Crippen LogP contribution is -1.91. The van der Waals surface area contributed by atoms with Crippen molar-refractivity contribution in [1.29, 1.82) is 0 Å². The smallest absolute Gasteiger partial charge is 0.136 e. The van der Waals surface area contributed by atoms with Crippen LogP contribution in [-0.2, 0) is 0 Å². The van der Waals surface area contributed by atoms with E-state index in [1.165, 1.54) is 0 Å². The van der Waals surface area contributed by atoms with Gasteiger partial charge in [-0.25, -0.2) is 0 Å². The molecule has 0 aliphatic rings. The van der Waals surface area contributed by atoms with Gasteiger partial charge in [0.05, 0.1) is 23.3 Å². The molecule has 0 fully saturated rings. The van der Waals surface area contributed by atoms with Crippen molar-refractivity contribution >= 4 is 54.3 Å². The molecular weight excluding hydrogens is 593 g/mol. The summed E-state index contributed by atoms with van der Waals surface area (Å²) in [7, 11) is 0. The van der Waals surface area contributed by atoms with E-state index < -0.39 is 147 Å². The Balaban J connectivity index is 1.34. The average molecular weight is 640 g/mol. The molecule has 10 aromatic rings. The molecule has 0 radical (unpaired) electrons. The Morgan fingerprint density at radius 2 is 1.00 bits per heavy atom. The molecule has 0 spiro atoms. The van der Waals surface area contributed by atoms with Crippen LogP contribution in [0.4, 0.5) is 0 Å². The summed E-state index contributed by atoms with van der Waals surface area (Å²) in [5.74, 6) is 0. The van der Waals surface area contributed by atoms with Gasteiger partial charge in [0.15, 0.2) is 0 Å². The molecule has 0 amide bonds. The van der Waals surface area contributed by atoms with E-state index >= 15 is 0 Å². The molecule has 49 heavy (non-hydrogen) atoms. The Morgan fingerprint density at radius 1 is 0.388 bits per heavy atom. The highest BCUT2D eigenvalue weighted by atomic mass is 16.3. The fourth-order valence-electron chi connectivity index (χ4n) is 6.78. The molecule has 10 rings (SSSR count). The van der Waals surface area contributed by atoms with Gasteiger partial charge in [-0.1, -0.05) is 157 Å². The van der Waals surface area contributed by atoms with Crippen molar-refractivity contribution in [1.82, 2.24) is 0 Å². The first-order valence-corrected chi connectivity index (χ1v) is 15.5. The largest absolute Gasteiger partial charge is 0.456 e. The summed E-state index contributed by atoms with van der Waals surface area (Å²) in [4.78, 5) is 0. The Labute approximate surface area is 308 Å². The molecule has 0 unspecified atom stereocenters. The van der Waals surface area contributed by atoms with Gasteiger partial charge in [0.1, 0.15) is 11.2 Å². The number of rotatable bonds is 4. The van der Waals surface area contributed by atoms with Crippen molar-refractivity contribution in [2.45, 2.75) is 0 Å². The summed E-state index contributed by atoms with van der Waals surface area (Å²) in [6.45, 7) is 0. The van der Waals surface area contributed by atoms with Crippen LogP contribution in [0.2, 0.25) is 0 Å². The summed E-state index contributed by atoms with van der Waals surface area (Å²) in [6, 6.07) is 11.5. The van der Waals surface area contributed by atoms with E-state index in [0.717, 1.165) is 27.3 Å². The highest BCUT2D eigenvalue weighted by Crippen LogP contribution is 2.45. The molecule has 1 nitrogen and oxygen atoms in total. The molecule has 1 aromatic heterocycles. The minimum absolute atomic E-state index is 0.194. The van der Waals surface area contributed by atoms with Crippen molar-refractivity contribution in [2.24, 2.45) is 0 Å². The van der Waals surface area contributed by atoms with Gasteiger partial charge >= 0.3 is 0 Å². The van der Waals surface area contributed by atoms with Crippen LogP contribution in [0.15, 0.2) is 186 Å². The number of hydrogen-bond donors (Lipinski definition) is 0. The lowest BCUT2D eigenvalue weighted by Gasteiger charge is -2.18. The van der Waals surface area contributed by atoms with Gasteiger partial charge in [0.25, 0.3) is 0 Å². The van der Waals surface area contributed by atoms with Crippen LogP contribution in [0.3, 0.4) is 0 Å². The molecule has 0 saturated carbocycles. The molecule has 1 heteroatoms. The Morgan fingerprint density at radius 3 is 1.78 bits per heavy atom. The molecular formula is C48H30O. The quantitative estimate of drug-likeness (QED) is 0.175. The summed E-state index contributed by atoms with van der Waals surface area (Å²) in [5.41, 5.74) is 0.679. The second kappa shape index (κ2) is 11.1. The van der Waals surface area contributed by atoms with Crippen molar-refractivity contribution < 1.29 is 27.7 Å². The van der Waals surface area contributed by atoms with Crippen LogP contribution >= 0.6 is 0 Å². The Bertz CT molecular complexity index is 3740. The Kier molecular flexibility index (Phi) is 3.54. The SMILES string of the molecule is [2H]c1c([2H])c([2H])c(-c2c3c([2H])c([2H])c([2H])c([2H])c3c(-c3c([2H])c([2H])c([2H])c(-c4ccc5c(c4)oc4cccc(-c6cccc7ccccc67)c45)c3[2H])c3c([2H])c([2H])c([2H])c([2H])c23)c([2H])c1[2H]. The van der Waals surface area contributed by atoms with Crippen molar-refractivity contribution in [3.05, 3.63) is 182 Å². The lowest BCUT2D eigenvalue weighted by atomic mass is 9.85. The van der Waals surface area contributed by atoms with Gasteiger partial charge in [-0.2, -0.15) is 0 Å². The molecule has 0 N–H and O–H groups in total. The predicted molar refractivity (Wildman–Crippen MR) is 208 cm³/mol. The van der Waals surface area contributed by atoms with E-state index in [9.17, 15) is 9.60 Å². The zero-order valence-corrected chi connectivity index (χ0v) is 25.4. The first kappa shape index (κ1) is 15.6. The first-order valence-electron chi connectivity index (χ1n) is 24.0. The van der Waals surface area contributed by atoms with E-state index in [1.807, 2.05) is 60.7 Å². The van der Waals surface area contributed by atoms with E-state index in [2.05, 4.69) is 0 Å². The second-order valence-corrected chi connectivity index (χ2v) is 11.5. The van der Waals surface area contributed by atoms with Gasteiger partial charge in [-0.05, 0) is 101 Å². The molecule has 228 valence electrons. The van der Waals surface area contributed by atoms with E-state index in [0.29, 0.717) is 16.6 Å². The summed E-state index contributed by atoms with van der Waals surface area (Å²) >= 11 is 0. The molecule has 0 aliphatic carbocycles. The molecule has 0 aliphatic heterocycles. The van der Waals surface area contributed by atoms with Gasteiger partial charge in [-0.15, -0.1) is 0 Å². The fraction of sp³-hybridized carbons (Fsp3) is 0. The fourth-order valence-corrected chi connectivity index (χ4v) is 6.78. The standard InChI is InChI=1S/C48H30O/c1-2-14-32(15-3-1)46-39-20-6-8-22-41(39)47(42-23-9-7-21-40(42)46)35-18-10-17-33(29-35)34-27-28-43-45(30-34)49-44-26-12-25-38(48(43)44)37-24-11-16-31-13-4-5-19-36(31)37/h1-30H/i1D,2D,3D,6D,7D,8D,9D,10D,14D,15D,17D,18D,20D,21D,22D,23D,29D. The number of benzene rings is 9. The predicted octanol–water partition coefficient (Wildman–Crippen LogP) is 13.7. The minimum Gasteiger partial charge on any atom is -0.456 e. The van der Waals surface area contributed by atoms with Gasteiger partial charge < -0.3 is 4.42 Å². The molecule has 0 bridgehead atoms. The summed E-state index contributed by atoms with van der Waals surface area (Å²) in [5, 5.41) is 1.54. The van der Waals surface area contributed by atoms with Crippen molar-refractivity contribution in [3.8, 4) is 44.5 Å². The number of fused-ring (bicyclic) bond motifs is 6. The van der Waals surface area contributed by atoms with Crippen LogP contribution in [0.5, 0.6) is 0 Å². The van der Waals surface area contributed by atoms with Crippen LogP contribution in [-0.4, -0.2) is 0 Å². The van der Waals surface area contributed by atoms with Crippen LogP contribution in [0.1, 0.15) is 23.3 Å². The molecule has 9 aromatic carbocycles. The number of hydrogen-bond acceptors (Lipinski definition) is 1. The molecule has 0 atom stereocenters. The monoisotopic (exact) mass is 639 g/mol. The zero-order valence-electron chi connectivity index (χ0n) is 42.4. The highest BCUT2D eigenvalue weighted by Gasteiger charge is 2.18. The second-order valence-electron chi connectivity index (χ2n) is 11.5. The average Bonchev–Trinajstić information content (AvgIpc) is 3.70. The first-order chi connectivity index (χ1) is 31.4. The normalized spacial score (nSPS) is 16.5. The Hall–Kier alpha value is -6.44. The van der Waals surface area contributed by atoms with Crippen LogP contribution < -0.4 is 0 Å². The van der Waals surface area contributed by atoms with Crippen molar-refractivity contribution in [2.75, 3.05) is 0 Å². The third-order valence-corrected chi connectivity index (χ3v) is 8.87. The summed E-state index contributed by atoms with van der Waals surface area (Å²) < 4.78 is 159. The molecule has 1 heterocycles. The van der Waals surface area contributed by atoms with E-state index in [-0.39, 0.29) is 11.1 Å². The van der Waals surface area contributed by atoms with Gasteiger partial charge in [0, 0.05) is 10.8 Å². The van der Waals surface area contributed by atoms with E-state index in [1.54, 1.807) is 18.2 Å². The maximum Gasteiger partial charge on any atom is 0.136 e. The highest BCUT2D eigenvalue weighted by molar-refractivity contribution is 6.21. The van der Waals surface area contributed by atoms with Gasteiger partial charge in [-0.3, -0.25) is 0 Å². The third-order valence-electron chi connectivity index (χ3n) is 8.87. The van der Waals surface area contributed by atoms with Crippen molar-refractivity contribution in [3.63, 3.8) is 0 Å². The molecule has 0 saturated heterocycles. The van der Waals surface area contributed by atoms with E-state index in [4.69, 9.17) is 18.1 Å². The topological polar surface area (TPSA) is 13.1 Å². The number of furan rings is 1. The maximum absolute atomic E-state index is 9.83. The maximum atomic E-state index is 9.83. The van der Waals surface area contributed by atoms with Crippen LogP contribution in [0, 0.1) is 0 Å². The van der Waals surface area contributed by atoms with Crippen LogP contribution in [0.25, 0.3) is 98.8 Å². The minimum atomic E-state index is -0.824. The third kappa shape index (κ3) is 4.40. The lowest BCUT2D eigenvalue weighted by molar-refractivity contribution is 0.669. The zero-order chi connectivity index (χ0) is 47.1.